The van der Waals surface area contributed by atoms with Crippen LogP contribution in [0.4, 0.5) is 0 Å². The summed E-state index contributed by atoms with van der Waals surface area (Å²) in [5.41, 5.74) is 2.57. The summed E-state index contributed by atoms with van der Waals surface area (Å²) in [7, 11) is 1.72. The summed E-state index contributed by atoms with van der Waals surface area (Å²) in [5, 5.41) is 3.34. The zero-order valence-electron chi connectivity index (χ0n) is 10.3. The van der Waals surface area contributed by atoms with Crippen LogP contribution in [0.2, 0.25) is 0 Å². The van der Waals surface area contributed by atoms with Crippen LogP contribution in [0.5, 0.6) is 5.75 Å². The van der Waals surface area contributed by atoms with Crippen molar-refractivity contribution in [2.45, 2.75) is 26.3 Å². The fourth-order valence-corrected chi connectivity index (χ4v) is 1.81. The molecule has 1 aromatic rings. The summed E-state index contributed by atoms with van der Waals surface area (Å²) >= 11 is 4.17. The van der Waals surface area contributed by atoms with Gasteiger partial charge in [-0.15, -0.1) is 0 Å². The highest BCUT2D eigenvalue weighted by atomic mass is 32.1. The van der Waals surface area contributed by atoms with Crippen molar-refractivity contribution >= 4 is 12.6 Å². The molecule has 1 N–H and O–H groups in total. The van der Waals surface area contributed by atoms with Gasteiger partial charge in [-0.25, -0.2) is 0 Å². The lowest BCUT2D eigenvalue weighted by atomic mass is 9.99. The molecule has 0 saturated carbocycles. The van der Waals surface area contributed by atoms with Gasteiger partial charge in [-0.05, 0) is 23.1 Å². The van der Waals surface area contributed by atoms with E-state index < -0.39 is 0 Å². The van der Waals surface area contributed by atoms with Gasteiger partial charge in [0.1, 0.15) is 5.75 Å². The van der Waals surface area contributed by atoms with E-state index in [-0.39, 0.29) is 0 Å². The van der Waals surface area contributed by atoms with Crippen molar-refractivity contribution in [2.75, 3.05) is 19.4 Å². The van der Waals surface area contributed by atoms with Gasteiger partial charge in [-0.3, -0.25) is 0 Å². The summed E-state index contributed by atoms with van der Waals surface area (Å²) in [6.45, 7) is 6.20. The molecule has 1 aromatic carbocycles. The fourth-order valence-electron chi connectivity index (χ4n) is 1.66. The lowest BCUT2D eigenvalue weighted by molar-refractivity contribution is 0.407. The molecule has 3 heteroatoms. The van der Waals surface area contributed by atoms with Gasteiger partial charge in [0.2, 0.25) is 0 Å². The van der Waals surface area contributed by atoms with Crippen molar-refractivity contribution in [3.05, 3.63) is 29.3 Å². The third-order valence-corrected chi connectivity index (χ3v) is 2.76. The number of thiol groups is 1. The molecule has 0 aliphatic carbocycles. The Bertz CT molecular complexity index is 326. The fraction of sp³-hybridized carbons (Fsp3) is 0.538. The van der Waals surface area contributed by atoms with E-state index in [1.54, 1.807) is 7.11 Å². The van der Waals surface area contributed by atoms with Gasteiger partial charge in [0.15, 0.2) is 0 Å². The molecule has 0 bridgehead atoms. The third kappa shape index (κ3) is 3.72. The van der Waals surface area contributed by atoms with E-state index in [9.17, 15) is 0 Å². The number of hydrogen-bond acceptors (Lipinski definition) is 3. The Morgan fingerprint density at radius 3 is 2.69 bits per heavy atom. The van der Waals surface area contributed by atoms with Gasteiger partial charge in [-0.1, -0.05) is 26.0 Å². The number of benzene rings is 1. The van der Waals surface area contributed by atoms with Crippen LogP contribution in [0.3, 0.4) is 0 Å². The summed E-state index contributed by atoms with van der Waals surface area (Å²) in [5.74, 6) is 2.33. The van der Waals surface area contributed by atoms with Crippen LogP contribution in [0.1, 0.15) is 30.9 Å². The molecular weight excluding hydrogens is 218 g/mol. The van der Waals surface area contributed by atoms with Crippen LogP contribution < -0.4 is 10.1 Å². The van der Waals surface area contributed by atoms with Gasteiger partial charge in [-0.2, -0.15) is 12.6 Å². The molecule has 0 saturated heterocycles. The molecule has 16 heavy (non-hydrogen) atoms. The van der Waals surface area contributed by atoms with E-state index in [1.165, 1.54) is 11.1 Å². The predicted molar refractivity (Wildman–Crippen MR) is 72.6 cm³/mol. The average Bonchev–Trinajstić information content (AvgIpc) is 2.29. The molecule has 2 nitrogen and oxygen atoms in total. The van der Waals surface area contributed by atoms with Crippen LogP contribution in [0.15, 0.2) is 18.2 Å². The first-order chi connectivity index (χ1) is 7.69. The average molecular weight is 239 g/mol. The molecule has 0 heterocycles. The number of methoxy groups -OCH3 is 1. The molecule has 0 atom stereocenters. The number of ether oxygens (including phenoxy) is 1. The monoisotopic (exact) mass is 239 g/mol. The van der Waals surface area contributed by atoms with Gasteiger partial charge in [0.05, 0.1) is 7.11 Å². The Morgan fingerprint density at radius 2 is 2.12 bits per heavy atom. The summed E-state index contributed by atoms with van der Waals surface area (Å²) in [6, 6.07) is 6.37. The lowest BCUT2D eigenvalue weighted by Crippen LogP contribution is -2.15. The van der Waals surface area contributed by atoms with E-state index in [1.807, 2.05) is 6.07 Å². The molecule has 0 aromatic heterocycles. The highest BCUT2D eigenvalue weighted by molar-refractivity contribution is 7.80. The molecule has 0 fully saturated rings. The maximum atomic E-state index is 5.35. The van der Waals surface area contributed by atoms with Crippen LogP contribution in [0, 0.1) is 0 Å². The van der Waals surface area contributed by atoms with Crippen molar-refractivity contribution < 1.29 is 4.74 Å². The molecule has 1 rings (SSSR count). The molecule has 0 aliphatic heterocycles. The van der Waals surface area contributed by atoms with Crippen molar-refractivity contribution in [3.63, 3.8) is 0 Å². The molecular formula is C13H21NOS. The Balaban J connectivity index is 2.77. The summed E-state index contributed by atoms with van der Waals surface area (Å²) < 4.78 is 5.35. The van der Waals surface area contributed by atoms with Crippen molar-refractivity contribution in [3.8, 4) is 5.75 Å². The Kier molecular flexibility index (Phi) is 5.71. The van der Waals surface area contributed by atoms with E-state index >= 15 is 0 Å². The van der Waals surface area contributed by atoms with Crippen molar-refractivity contribution in [2.24, 2.45) is 0 Å². The first-order valence-corrected chi connectivity index (χ1v) is 6.30. The van der Waals surface area contributed by atoms with Crippen LogP contribution in [-0.4, -0.2) is 19.4 Å². The summed E-state index contributed by atoms with van der Waals surface area (Å²) in [6.07, 6.45) is 0. The molecule has 0 unspecified atom stereocenters. The van der Waals surface area contributed by atoms with Gasteiger partial charge < -0.3 is 10.1 Å². The minimum absolute atomic E-state index is 0.486. The molecule has 0 amide bonds. The SMILES string of the molecule is COc1ccc(CNCCS)cc1C(C)C. The molecule has 0 spiro atoms. The van der Waals surface area contributed by atoms with Gasteiger partial charge >= 0.3 is 0 Å². The van der Waals surface area contributed by atoms with E-state index in [0.717, 1.165) is 24.6 Å². The first kappa shape index (κ1) is 13.4. The molecule has 0 radical (unpaired) electrons. The van der Waals surface area contributed by atoms with Crippen LogP contribution >= 0.6 is 12.6 Å². The second-order valence-electron chi connectivity index (χ2n) is 4.13. The minimum atomic E-state index is 0.486. The van der Waals surface area contributed by atoms with Crippen LogP contribution in [-0.2, 0) is 6.54 Å². The minimum Gasteiger partial charge on any atom is -0.496 e. The summed E-state index contributed by atoms with van der Waals surface area (Å²) in [4.78, 5) is 0. The quantitative estimate of drug-likeness (QED) is 0.588. The van der Waals surface area contributed by atoms with Gasteiger partial charge in [0, 0.05) is 18.8 Å². The standard InChI is InChI=1S/C13H21NOS/c1-10(2)12-8-11(9-14-6-7-16)4-5-13(12)15-3/h4-5,8,10,14,16H,6-7,9H2,1-3H3. The predicted octanol–water partition coefficient (Wildman–Crippen LogP) is 2.84. The Morgan fingerprint density at radius 1 is 1.38 bits per heavy atom. The zero-order valence-corrected chi connectivity index (χ0v) is 11.2. The molecule has 0 aliphatic rings. The smallest absolute Gasteiger partial charge is 0.122 e. The number of nitrogens with one attached hydrogen (secondary N) is 1. The third-order valence-electron chi connectivity index (χ3n) is 2.53. The highest BCUT2D eigenvalue weighted by Crippen LogP contribution is 2.27. The van der Waals surface area contributed by atoms with E-state index in [0.29, 0.717) is 5.92 Å². The lowest BCUT2D eigenvalue weighted by Gasteiger charge is -2.13. The largest absolute Gasteiger partial charge is 0.496 e. The normalized spacial score (nSPS) is 10.8. The zero-order chi connectivity index (χ0) is 12.0. The topological polar surface area (TPSA) is 21.3 Å². The van der Waals surface area contributed by atoms with Crippen molar-refractivity contribution in [1.82, 2.24) is 5.32 Å². The Hall–Kier alpha value is -0.670. The maximum Gasteiger partial charge on any atom is 0.122 e. The number of rotatable bonds is 6. The molecule has 90 valence electrons. The number of hydrogen-bond donors (Lipinski definition) is 2. The van der Waals surface area contributed by atoms with Gasteiger partial charge in [0.25, 0.3) is 0 Å². The van der Waals surface area contributed by atoms with E-state index in [4.69, 9.17) is 4.74 Å². The second kappa shape index (κ2) is 6.81. The second-order valence-corrected chi connectivity index (χ2v) is 4.58. The van der Waals surface area contributed by atoms with E-state index in [2.05, 4.69) is 43.9 Å². The highest BCUT2D eigenvalue weighted by Gasteiger charge is 2.07. The first-order valence-electron chi connectivity index (χ1n) is 5.67. The van der Waals surface area contributed by atoms with Crippen LogP contribution in [0.25, 0.3) is 0 Å². The van der Waals surface area contributed by atoms with Crippen molar-refractivity contribution in [1.29, 1.82) is 0 Å². The maximum absolute atomic E-state index is 5.35. The Labute approximate surface area is 104 Å².